The highest BCUT2D eigenvalue weighted by Gasteiger charge is 2.28. The monoisotopic (exact) mass is 200 g/mol. The molecule has 1 aromatic carbocycles. The number of halogens is 3. The van der Waals surface area contributed by atoms with Gasteiger partial charge in [0, 0.05) is 12.1 Å². The lowest BCUT2D eigenvalue weighted by Crippen LogP contribution is -2.34. The summed E-state index contributed by atoms with van der Waals surface area (Å²) >= 11 is 0. The lowest BCUT2D eigenvalue weighted by molar-refractivity contribution is 0.0966. The fraction of sp³-hybridized carbons (Fsp3) is 0.125. The normalized spacial score (nSPS) is 15.2. The largest absolute Gasteiger partial charge is 0.509 e. The summed E-state index contributed by atoms with van der Waals surface area (Å²) in [6, 6.07) is 3.27. The standard InChI is InChI=1S/C8H6BF3NO/c10-9(11,12)6-2-1-5-4-13-8(14)7(5)3-6/h1-3H,4H2,(H,13,14)/q-1. The van der Waals surface area contributed by atoms with Gasteiger partial charge in [-0.3, -0.25) is 4.79 Å². The molecular weight excluding hydrogens is 194 g/mol. The molecule has 0 saturated heterocycles. The quantitative estimate of drug-likeness (QED) is 0.672. The highest BCUT2D eigenvalue weighted by atomic mass is 19.4. The van der Waals surface area contributed by atoms with Crippen LogP contribution in [-0.4, -0.2) is 12.9 Å². The zero-order valence-electron chi connectivity index (χ0n) is 7.06. The molecule has 14 heavy (non-hydrogen) atoms. The van der Waals surface area contributed by atoms with Crippen LogP contribution in [0, 0.1) is 0 Å². The molecule has 1 heterocycles. The summed E-state index contributed by atoms with van der Waals surface area (Å²) in [6.45, 7) is -4.70. The van der Waals surface area contributed by atoms with Gasteiger partial charge in [0.15, 0.2) is 0 Å². The van der Waals surface area contributed by atoms with Crippen LogP contribution in [0.15, 0.2) is 18.2 Å². The summed E-state index contributed by atoms with van der Waals surface area (Å²) in [7, 11) is 0. The van der Waals surface area contributed by atoms with Crippen molar-refractivity contribution in [3.8, 4) is 0 Å². The van der Waals surface area contributed by atoms with Crippen molar-refractivity contribution in [1.82, 2.24) is 5.32 Å². The van der Waals surface area contributed by atoms with Crippen molar-refractivity contribution in [1.29, 1.82) is 0 Å². The first-order chi connectivity index (χ1) is 6.48. The predicted octanol–water partition coefficient (Wildman–Crippen LogP) is 0.984. The molecule has 0 atom stereocenters. The third-order valence-electron chi connectivity index (χ3n) is 2.20. The van der Waals surface area contributed by atoms with Gasteiger partial charge >= 0.3 is 6.98 Å². The van der Waals surface area contributed by atoms with Crippen LogP contribution in [0.2, 0.25) is 0 Å². The van der Waals surface area contributed by atoms with E-state index in [1.54, 1.807) is 0 Å². The molecule has 6 heteroatoms. The zero-order chi connectivity index (χ0) is 10.3. The molecule has 0 fully saturated rings. The second-order valence-corrected chi connectivity index (χ2v) is 3.17. The Morgan fingerprint density at radius 3 is 2.64 bits per heavy atom. The van der Waals surface area contributed by atoms with Gasteiger partial charge in [0.1, 0.15) is 0 Å². The van der Waals surface area contributed by atoms with E-state index in [4.69, 9.17) is 0 Å². The Bertz CT molecular complexity index is 402. The Morgan fingerprint density at radius 2 is 2.00 bits per heavy atom. The van der Waals surface area contributed by atoms with E-state index in [1.165, 1.54) is 6.07 Å². The predicted molar refractivity (Wildman–Crippen MR) is 46.3 cm³/mol. The number of fused-ring (bicyclic) bond motifs is 1. The average Bonchev–Trinajstić information content (AvgIpc) is 2.46. The Hall–Kier alpha value is -1.46. The maximum Gasteiger partial charge on any atom is 0.509 e. The summed E-state index contributed by atoms with van der Waals surface area (Å²) in [4.78, 5) is 11.1. The molecule has 0 unspecified atom stereocenters. The fourth-order valence-corrected chi connectivity index (χ4v) is 1.43. The highest BCUT2D eigenvalue weighted by Crippen LogP contribution is 2.17. The van der Waals surface area contributed by atoms with Gasteiger partial charge in [0.25, 0.3) is 5.91 Å². The van der Waals surface area contributed by atoms with E-state index in [1.807, 2.05) is 0 Å². The van der Waals surface area contributed by atoms with Crippen molar-refractivity contribution in [2.45, 2.75) is 6.54 Å². The summed E-state index contributed by atoms with van der Waals surface area (Å²) in [5, 5.41) is 2.46. The molecule has 0 bridgehead atoms. The summed E-state index contributed by atoms with van der Waals surface area (Å²) in [5.74, 6) is -0.429. The van der Waals surface area contributed by atoms with Crippen LogP contribution in [0.4, 0.5) is 12.9 Å². The van der Waals surface area contributed by atoms with E-state index in [-0.39, 0.29) is 5.56 Å². The number of hydrogen-bond acceptors (Lipinski definition) is 1. The number of amides is 1. The maximum absolute atomic E-state index is 12.3. The average molecular weight is 200 g/mol. The van der Waals surface area contributed by atoms with Crippen molar-refractivity contribution in [2.24, 2.45) is 0 Å². The van der Waals surface area contributed by atoms with Crippen molar-refractivity contribution < 1.29 is 17.7 Å². The third kappa shape index (κ3) is 1.36. The van der Waals surface area contributed by atoms with E-state index >= 15 is 0 Å². The Kier molecular flexibility index (Phi) is 1.80. The van der Waals surface area contributed by atoms with Crippen LogP contribution in [0.1, 0.15) is 15.9 Å². The number of benzene rings is 1. The lowest BCUT2D eigenvalue weighted by atomic mass is 9.79. The second-order valence-electron chi connectivity index (χ2n) is 3.17. The summed E-state index contributed by atoms with van der Waals surface area (Å²) < 4.78 is 36.9. The van der Waals surface area contributed by atoms with E-state index in [0.717, 1.165) is 12.1 Å². The van der Waals surface area contributed by atoms with Gasteiger partial charge in [-0.05, 0) is 5.56 Å². The Labute approximate surface area is 78.2 Å². The van der Waals surface area contributed by atoms with Crippen molar-refractivity contribution in [3.63, 3.8) is 0 Å². The molecule has 2 nitrogen and oxygen atoms in total. The smallest absolute Gasteiger partial charge is 0.445 e. The van der Waals surface area contributed by atoms with Crippen LogP contribution in [-0.2, 0) is 6.54 Å². The lowest BCUT2D eigenvalue weighted by Gasteiger charge is -2.15. The Morgan fingerprint density at radius 1 is 1.29 bits per heavy atom. The van der Waals surface area contributed by atoms with Crippen molar-refractivity contribution >= 4 is 18.3 Å². The Balaban J connectivity index is 2.50. The van der Waals surface area contributed by atoms with Crippen LogP contribution in [0.3, 0.4) is 0 Å². The van der Waals surface area contributed by atoms with Crippen molar-refractivity contribution in [3.05, 3.63) is 29.3 Å². The van der Waals surface area contributed by atoms with Gasteiger partial charge in [0.05, 0.1) is 0 Å². The molecule has 1 N–H and O–H groups in total. The van der Waals surface area contributed by atoms with Crippen LogP contribution >= 0.6 is 0 Å². The number of carbonyl (C=O) groups is 1. The topological polar surface area (TPSA) is 29.1 Å². The highest BCUT2D eigenvalue weighted by molar-refractivity contribution is 6.73. The molecule has 0 saturated carbocycles. The van der Waals surface area contributed by atoms with E-state index in [9.17, 15) is 17.7 Å². The molecule has 0 spiro atoms. The van der Waals surface area contributed by atoms with E-state index in [2.05, 4.69) is 5.32 Å². The van der Waals surface area contributed by atoms with Gasteiger partial charge in [-0.1, -0.05) is 18.2 Å². The molecule has 0 radical (unpaired) electrons. The first-order valence-corrected chi connectivity index (χ1v) is 4.09. The van der Waals surface area contributed by atoms with Gasteiger partial charge in [-0.15, -0.1) is 5.46 Å². The van der Waals surface area contributed by atoms with Gasteiger partial charge in [-0.2, -0.15) is 0 Å². The molecule has 0 aliphatic carbocycles. The zero-order valence-corrected chi connectivity index (χ0v) is 7.06. The molecule has 1 aliphatic heterocycles. The van der Waals surface area contributed by atoms with Crippen LogP contribution in [0.25, 0.3) is 0 Å². The minimum absolute atomic E-state index is 0.140. The minimum Gasteiger partial charge on any atom is -0.445 e. The number of carbonyl (C=O) groups excluding carboxylic acids is 1. The SMILES string of the molecule is O=C1NCc2ccc([B-](F)(F)F)cc21. The van der Waals surface area contributed by atoms with E-state index in [0.29, 0.717) is 12.1 Å². The molecular formula is C8H6BF3NO-. The van der Waals surface area contributed by atoms with Gasteiger partial charge in [-0.25, -0.2) is 0 Å². The molecule has 1 aromatic rings. The minimum atomic E-state index is -5.02. The number of nitrogens with one attached hydrogen (secondary N) is 1. The van der Waals surface area contributed by atoms with Gasteiger partial charge < -0.3 is 18.3 Å². The first kappa shape index (κ1) is 9.11. The summed E-state index contributed by atoms with van der Waals surface area (Å²) in [6.07, 6.45) is 0. The molecule has 0 aromatic heterocycles. The second kappa shape index (κ2) is 2.77. The molecule has 1 aliphatic rings. The van der Waals surface area contributed by atoms with E-state index < -0.39 is 18.3 Å². The first-order valence-electron chi connectivity index (χ1n) is 4.09. The van der Waals surface area contributed by atoms with Crippen molar-refractivity contribution in [2.75, 3.05) is 0 Å². The number of rotatable bonds is 1. The maximum atomic E-state index is 12.3. The van der Waals surface area contributed by atoms with Crippen LogP contribution in [0.5, 0.6) is 0 Å². The molecule has 2 rings (SSSR count). The third-order valence-corrected chi connectivity index (χ3v) is 2.20. The summed E-state index contributed by atoms with van der Waals surface area (Å²) in [5.41, 5.74) is 0.0429. The fourth-order valence-electron chi connectivity index (χ4n) is 1.43. The molecule has 1 amide bonds. The van der Waals surface area contributed by atoms with Gasteiger partial charge in [0.2, 0.25) is 0 Å². The number of hydrogen-bond donors (Lipinski definition) is 1. The van der Waals surface area contributed by atoms with Crippen LogP contribution < -0.4 is 10.8 Å². The molecule has 74 valence electrons.